The molecule has 0 aliphatic carbocycles. The monoisotopic (exact) mass is 263 g/mol. The highest BCUT2D eigenvalue weighted by Gasteiger charge is 2.11. The van der Waals surface area contributed by atoms with E-state index in [4.69, 9.17) is 10.5 Å². The Hall–Kier alpha value is -1.38. The van der Waals surface area contributed by atoms with Crippen molar-refractivity contribution in [3.8, 4) is 0 Å². The van der Waals surface area contributed by atoms with E-state index in [1.807, 2.05) is 0 Å². The molecule has 0 heterocycles. The van der Waals surface area contributed by atoms with Crippen molar-refractivity contribution in [2.75, 3.05) is 30.7 Å². The maximum atomic E-state index is 12.7. The largest absolute Gasteiger partial charge is 0.397 e. The molecule has 0 aromatic heterocycles. The number of nitrogens with one attached hydrogen (secondary N) is 2. The van der Waals surface area contributed by atoms with E-state index < -0.39 is 16.0 Å². The van der Waals surface area contributed by atoms with Gasteiger partial charge in [-0.25, -0.2) is 4.39 Å². The van der Waals surface area contributed by atoms with Crippen LogP contribution in [0.15, 0.2) is 18.2 Å². The molecule has 0 saturated carbocycles. The van der Waals surface area contributed by atoms with E-state index in [9.17, 15) is 12.8 Å². The Morgan fingerprint density at radius 3 is 2.76 bits per heavy atom. The third-order valence-corrected chi connectivity index (χ3v) is 2.93. The number of ether oxygens (including phenoxy) is 1. The summed E-state index contributed by atoms with van der Waals surface area (Å²) in [6.45, 7) is 0.382. The maximum Gasteiger partial charge on any atom is 0.299 e. The van der Waals surface area contributed by atoms with Gasteiger partial charge in [-0.1, -0.05) is 0 Å². The standard InChI is InChI=1S/C9H14FN3O3S/c1-16-5-4-12-17(14,15)13-9-3-2-7(10)6-8(9)11/h2-3,6,12-13H,4-5,11H2,1H3. The van der Waals surface area contributed by atoms with Crippen LogP contribution in [0.3, 0.4) is 0 Å². The fourth-order valence-electron chi connectivity index (χ4n) is 1.09. The summed E-state index contributed by atoms with van der Waals surface area (Å²) < 4.78 is 44.8. The molecule has 0 saturated heterocycles. The van der Waals surface area contributed by atoms with Gasteiger partial charge in [0, 0.05) is 13.7 Å². The SMILES string of the molecule is COCCNS(=O)(=O)Nc1ccc(F)cc1N. The van der Waals surface area contributed by atoms with E-state index in [1.54, 1.807) is 0 Å². The first-order valence-corrected chi connectivity index (χ1v) is 6.24. The van der Waals surface area contributed by atoms with Crippen molar-refractivity contribution in [1.29, 1.82) is 0 Å². The van der Waals surface area contributed by atoms with Crippen molar-refractivity contribution < 1.29 is 17.5 Å². The number of hydrogen-bond acceptors (Lipinski definition) is 4. The van der Waals surface area contributed by atoms with Crippen molar-refractivity contribution in [2.24, 2.45) is 0 Å². The molecule has 0 radical (unpaired) electrons. The summed E-state index contributed by atoms with van der Waals surface area (Å²) in [6, 6.07) is 3.40. The zero-order valence-electron chi connectivity index (χ0n) is 9.23. The van der Waals surface area contributed by atoms with Crippen molar-refractivity contribution in [2.45, 2.75) is 0 Å². The zero-order chi connectivity index (χ0) is 12.9. The van der Waals surface area contributed by atoms with Gasteiger partial charge in [0.1, 0.15) is 5.82 Å². The number of nitrogen functional groups attached to an aromatic ring is 1. The summed E-state index contributed by atoms with van der Waals surface area (Å²) in [7, 11) is -2.27. The third kappa shape index (κ3) is 4.55. The Balaban J connectivity index is 2.69. The van der Waals surface area contributed by atoms with Crippen LogP contribution >= 0.6 is 0 Å². The Morgan fingerprint density at radius 1 is 1.47 bits per heavy atom. The maximum absolute atomic E-state index is 12.7. The lowest BCUT2D eigenvalue weighted by atomic mass is 10.3. The average Bonchev–Trinajstić information content (AvgIpc) is 2.22. The van der Waals surface area contributed by atoms with Crippen LogP contribution in [0.5, 0.6) is 0 Å². The molecule has 1 rings (SSSR count). The second-order valence-corrected chi connectivity index (χ2v) is 4.72. The van der Waals surface area contributed by atoms with Crippen LogP contribution in [-0.4, -0.2) is 28.7 Å². The molecule has 0 amide bonds. The number of benzene rings is 1. The summed E-state index contributed by atoms with van der Waals surface area (Å²) in [6.07, 6.45) is 0. The van der Waals surface area contributed by atoms with Gasteiger partial charge in [-0.3, -0.25) is 4.72 Å². The highest BCUT2D eigenvalue weighted by atomic mass is 32.2. The van der Waals surface area contributed by atoms with Crippen LogP contribution < -0.4 is 15.2 Å². The number of hydrogen-bond donors (Lipinski definition) is 3. The van der Waals surface area contributed by atoms with Gasteiger partial charge in [-0.05, 0) is 18.2 Å². The number of halogens is 1. The summed E-state index contributed by atoms with van der Waals surface area (Å²) in [5, 5.41) is 0. The van der Waals surface area contributed by atoms with Crippen LogP contribution in [0.2, 0.25) is 0 Å². The molecule has 0 aliphatic rings. The Bertz CT molecular complexity index is 478. The number of anilines is 2. The van der Waals surface area contributed by atoms with E-state index >= 15 is 0 Å². The summed E-state index contributed by atoms with van der Waals surface area (Å²) >= 11 is 0. The summed E-state index contributed by atoms with van der Waals surface area (Å²) in [5.41, 5.74) is 5.60. The van der Waals surface area contributed by atoms with Crippen LogP contribution in [0.25, 0.3) is 0 Å². The van der Waals surface area contributed by atoms with Gasteiger partial charge in [0.25, 0.3) is 10.2 Å². The quantitative estimate of drug-likeness (QED) is 0.508. The van der Waals surface area contributed by atoms with E-state index in [1.165, 1.54) is 13.2 Å². The van der Waals surface area contributed by atoms with Crippen LogP contribution in [0.4, 0.5) is 15.8 Å². The number of nitrogens with two attached hydrogens (primary N) is 1. The molecule has 0 aliphatic heterocycles. The van der Waals surface area contributed by atoms with Crippen LogP contribution in [-0.2, 0) is 14.9 Å². The lowest BCUT2D eigenvalue weighted by molar-refractivity contribution is 0.204. The van der Waals surface area contributed by atoms with Crippen molar-refractivity contribution in [3.05, 3.63) is 24.0 Å². The molecule has 8 heteroatoms. The summed E-state index contributed by atoms with van der Waals surface area (Å²) in [5.74, 6) is -0.530. The zero-order valence-corrected chi connectivity index (χ0v) is 10.1. The molecule has 1 aromatic carbocycles. The molecular formula is C9H14FN3O3S. The predicted octanol–water partition coefficient (Wildman–Crippen LogP) is 0.301. The van der Waals surface area contributed by atoms with E-state index in [0.717, 1.165) is 12.1 Å². The van der Waals surface area contributed by atoms with Crippen molar-refractivity contribution in [1.82, 2.24) is 4.72 Å². The fraction of sp³-hybridized carbons (Fsp3) is 0.333. The van der Waals surface area contributed by atoms with Gasteiger partial charge in [0.15, 0.2) is 0 Å². The van der Waals surface area contributed by atoms with Gasteiger partial charge >= 0.3 is 0 Å². The van der Waals surface area contributed by atoms with Crippen LogP contribution in [0, 0.1) is 5.82 Å². The minimum absolute atomic E-state index is 0.0158. The summed E-state index contributed by atoms with van der Waals surface area (Å²) in [4.78, 5) is 0. The first-order chi connectivity index (χ1) is 7.94. The first kappa shape index (κ1) is 13.7. The Kier molecular flexibility index (Phi) is 4.67. The predicted molar refractivity (Wildman–Crippen MR) is 63.2 cm³/mol. The van der Waals surface area contributed by atoms with E-state index in [0.29, 0.717) is 0 Å². The molecule has 0 atom stereocenters. The fourth-order valence-corrected chi connectivity index (χ4v) is 1.99. The topological polar surface area (TPSA) is 93.4 Å². The molecular weight excluding hydrogens is 249 g/mol. The van der Waals surface area contributed by atoms with Crippen molar-refractivity contribution >= 4 is 21.6 Å². The lowest BCUT2D eigenvalue weighted by Crippen LogP contribution is -2.32. The highest BCUT2D eigenvalue weighted by molar-refractivity contribution is 7.90. The molecule has 17 heavy (non-hydrogen) atoms. The van der Waals surface area contributed by atoms with E-state index in [2.05, 4.69) is 9.44 Å². The highest BCUT2D eigenvalue weighted by Crippen LogP contribution is 2.19. The number of rotatable bonds is 6. The lowest BCUT2D eigenvalue weighted by Gasteiger charge is -2.10. The van der Waals surface area contributed by atoms with Gasteiger partial charge in [-0.2, -0.15) is 13.1 Å². The average molecular weight is 263 g/mol. The Morgan fingerprint density at radius 2 is 2.18 bits per heavy atom. The molecule has 96 valence electrons. The normalized spacial score (nSPS) is 11.4. The molecule has 6 nitrogen and oxygen atoms in total. The second kappa shape index (κ2) is 5.80. The number of methoxy groups -OCH3 is 1. The van der Waals surface area contributed by atoms with Gasteiger partial charge in [0.2, 0.25) is 0 Å². The van der Waals surface area contributed by atoms with Crippen molar-refractivity contribution in [3.63, 3.8) is 0 Å². The molecule has 0 unspecified atom stereocenters. The molecule has 0 fully saturated rings. The van der Waals surface area contributed by atoms with E-state index in [-0.39, 0.29) is 24.5 Å². The first-order valence-electron chi connectivity index (χ1n) is 4.76. The Labute approximate surface area is 99.1 Å². The molecule has 1 aromatic rings. The molecule has 0 bridgehead atoms. The van der Waals surface area contributed by atoms with Gasteiger partial charge in [0.05, 0.1) is 18.0 Å². The smallest absolute Gasteiger partial charge is 0.299 e. The minimum Gasteiger partial charge on any atom is -0.397 e. The molecule has 0 spiro atoms. The second-order valence-electron chi connectivity index (χ2n) is 3.22. The van der Waals surface area contributed by atoms with Gasteiger partial charge < -0.3 is 10.5 Å². The molecule has 4 N–H and O–H groups in total. The third-order valence-electron chi connectivity index (χ3n) is 1.86. The van der Waals surface area contributed by atoms with Crippen LogP contribution in [0.1, 0.15) is 0 Å². The minimum atomic E-state index is -3.72. The van der Waals surface area contributed by atoms with Gasteiger partial charge in [-0.15, -0.1) is 0 Å².